The molecule has 0 saturated carbocycles. The lowest BCUT2D eigenvalue weighted by Gasteiger charge is -2.36. The predicted molar refractivity (Wildman–Crippen MR) is 109 cm³/mol. The summed E-state index contributed by atoms with van der Waals surface area (Å²) in [6, 6.07) is 6.46. The Kier molecular flexibility index (Phi) is 5.86. The minimum Gasteiger partial charge on any atom is -0.372 e. The minimum atomic E-state index is -3.97. The van der Waals surface area contributed by atoms with Crippen LogP contribution in [0.1, 0.15) is 26.3 Å². The van der Waals surface area contributed by atoms with Gasteiger partial charge in [-0.2, -0.15) is 0 Å². The van der Waals surface area contributed by atoms with Gasteiger partial charge in [-0.1, -0.05) is 36.0 Å². The zero-order chi connectivity index (χ0) is 20.7. The number of aromatic nitrogens is 1. The van der Waals surface area contributed by atoms with Crippen molar-refractivity contribution in [2.75, 3.05) is 23.7 Å². The quantitative estimate of drug-likeness (QED) is 0.700. The summed E-state index contributed by atoms with van der Waals surface area (Å²) in [5.41, 5.74) is 0.933. The molecule has 0 radical (unpaired) electrons. The maximum atomic E-state index is 13.3. The molecule has 2 atom stereocenters. The number of aryl methyl sites for hydroxylation is 1. The molecule has 1 aromatic carbocycles. The summed E-state index contributed by atoms with van der Waals surface area (Å²) in [4.78, 5) is 6.07. The summed E-state index contributed by atoms with van der Waals surface area (Å²) in [5.74, 6) is -0.139. The Hall–Kier alpha value is -1.49. The Morgan fingerprint density at radius 3 is 2.21 bits per heavy atom. The number of nitrogens with zero attached hydrogens (tertiary/aromatic N) is 2. The van der Waals surface area contributed by atoms with Crippen molar-refractivity contribution < 1.29 is 21.6 Å². The second-order valence-electron chi connectivity index (χ2n) is 6.97. The molecule has 0 spiro atoms. The van der Waals surface area contributed by atoms with E-state index in [1.54, 1.807) is 12.1 Å². The highest BCUT2D eigenvalue weighted by Crippen LogP contribution is 2.38. The first-order valence-corrected chi connectivity index (χ1v) is 13.0. The average molecular weight is 445 g/mol. The summed E-state index contributed by atoms with van der Waals surface area (Å²) in [7, 11) is -7.60. The van der Waals surface area contributed by atoms with E-state index < -0.39 is 19.7 Å². The van der Waals surface area contributed by atoms with Crippen LogP contribution in [0.2, 0.25) is 0 Å². The summed E-state index contributed by atoms with van der Waals surface area (Å²) in [6.07, 6.45) is -0.209. The molecule has 10 heteroatoms. The van der Waals surface area contributed by atoms with Gasteiger partial charge in [0.1, 0.15) is 5.00 Å². The zero-order valence-electron chi connectivity index (χ0n) is 16.2. The molecule has 0 bridgehead atoms. The maximum Gasteiger partial charge on any atom is 0.226 e. The Bertz CT molecular complexity index is 1050. The van der Waals surface area contributed by atoms with Crippen LogP contribution in [0.5, 0.6) is 0 Å². The van der Waals surface area contributed by atoms with Gasteiger partial charge < -0.3 is 9.64 Å². The molecule has 1 aliphatic heterocycles. The van der Waals surface area contributed by atoms with E-state index in [9.17, 15) is 16.8 Å². The number of anilines is 1. The van der Waals surface area contributed by atoms with Crippen molar-refractivity contribution >= 4 is 36.0 Å². The van der Waals surface area contributed by atoms with E-state index in [1.165, 1.54) is 19.1 Å². The number of benzene rings is 1. The van der Waals surface area contributed by atoms with Gasteiger partial charge in [-0.15, -0.1) is 0 Å². The lowest BCUT2D eigenvalue weighted by atomic mass is 10.2. The highest BCUT2D eigenvalue weighted by atomic mass is 32.2. The molecule has 154 valence electrons. The Labute approximate surface area is 170 Å². The lowest BCUT2D eigenvalue weighted by molar-refractivity contribution is -0.00517. The molecule has 1 aliphatic rings. The third-order valence-electron chi connectivity index (χ3n) is 4.50. The van der Waals surface area contributed by atoms with Crippen LogP contribution in [-0.4, -0.2) is 52.9 Å². The van der Waals surface area contributed by atoms with Gasteiger partial charge in [0.2, 0.25) is 24.0 Å². The molecule has 2 aromatic rings. The molecule has 1 aromatic heterocycles. The number of morpholine rings is 1. The topological polar surface area (TPSA) is 93.6 Å². The van der Waals surface area contributed by atoms with Crippen LogP contribution in [-0.2, 0) is 24.4 Å². The van der Waals surface area contributed by atoms with Crippen LogP contribution in [0.15, 0.2) is 38.5 Å². The molecule has 0 amide bonds. The van der Waals surface area contributed by atoms with E-state index in [4.69, 9.17) is 4.74 Å². The average Bonchev–Trinajstić information content (AvgIpc) is 3.08. The van der Waals surface area contributed by atoms with Crippen LogP contribution in [0, 0.1) is 6.92 Å². The van der Waals surface area contributed by atoms with Gasteiger partial charge >= 0.3 is 0 Å². The summed E-state index contributed by atoms with van der Waals surface area (Å²) >= 11 is 0.918. The fourth-order valence-corrected chi connectivity index (χ4v) is 7.23. The van der Waals surface area contributed by atoms with E-state index in [0.29, 0.717) is 18.1 Å². The van der Waals surface area contributed by atoms with Gasteiger partial charge in [-0.05, 0) is 32.9 Å². The first kappa shape index (κ1) is 21.2. The first-order chi connectivity index (χ1) is 13.0. The van der Waals surface area contributed by atoms with Crippen LogP contribution in [0.25, 0.3) is 0 Å². The van der Waals surface area contributed by atoms with Gasteiger partial charge in [-0.25, -0.2) is 21.8 Å². The number of rotatable bonds is 5. The Balaban J connectivity index is 2.17. The smallest absolute Gasteiger partial charge is 0.226 e. The molecule has 0 N–H and O–H groups in total. The highest BCUT2D eigenvalue weighted by molar-refractivity contribution is 7.94. The van der Waals surface area contributed by atoms with Gasteiger partial charge in [0.05, 0.1) is 22.9 Å². The monoisotopic (exact) mass is 444 g/mol. The molecule has 7 nitrogen and oxygen atoms in total. The number of ether oxygens (including phenoxy) is 1. The first-order valence-electron chi connectivity index (χ1n) is 9.00. The van der Waals surface area contributed by atoms with Crippen LogP contribution in [0.4, 0.5) is 5.00 Å². The van der Waals surface area contributed by atoms with Crippen molar-refractivity contribution in [2.45, 2.75) is 54.2 Å². The third kappa shape index (κ3) is 4.10. The van der Waals surface area contributed by atoms with Crippen molar-refractivity contribution in [1.82, 2.24) is 4.98 Å². The Morgan fingerprint density at radius 1 is 1.11 bits per heavy atom. The third-order valence-corrected chi connectivity index (χ3v) is 9.62. The van der Waals surface area contributed by atoms with Crippen LogP contribution in [0.3, 0.4) is 0 Å². The van der Waals surface area contributed by atoms with E-state index >= 15 is 0 Å². The fourth-order valence-electron chi connectivity index (χ4n) is 3.08. The van der Waals surface area contributed by atoms with Crippen molar-refractivity contribution in [3.63, 3.8) is 0 Å². The summed E-state index contributed by atoms with van der Waals surface area (Å²) in [5, 5.41) is 0.157. The van der Waals surface area contributed by atoms with Crippen LogP contribution >= 0.6 is 11.3 Å². The number of hydrogen-bond acceptors (Lipinski definition) is 8. The van der Waals surface area contributed by atoms with E-state index in [1.807, 2.05) is 25.7 Å². The van der Waals surface area contributed by atoms with Crippen LogP contribution < -0.4 is 4.90 Å². The molecule has 1 fully saturated rings. The standard InChI is InChI=1S/C18H24N2O5S3/c1-5-27(21,22)18-19-16(28(23,24)15-8-6-12(2)7-9-15)17(26-18)20-10-13(3)25-14(4)11-20/h6-9,13-14H,5,10-11H2,1-4H3. The number of sulfone groups is 2. The molecule has 28 heavy (non-hydrogen) atoms. The second-order valence-corrected chi connectivity index (χ2v) is 12.3. The molecule has 2 unspecified atom stereocenters. The van der Waals surface area contributed by atoms with E-state index in [-0.39, 0.29) is 32.2 Å². The summed E-state index contributed by atoms with van der Waals surface area (Å²) < 4.78 is 56.9. The number of hydrogen-bond donors (Lipinski definition) is 0. The highest BCUT2D eigenvalue weighted by Gasteiger charge is 2.34. The molecular weight excluding hydrogens is 420 g/mol. The molecule has 1 saturated heterocycles. The maximum absolute atomic E-state index is 13.3. The normalized spacial score (nSPS) is 21.1. The van der Waals surface area contributed by atoms with Crippen molar-refractivity contribution in [1.29, 1.82) is 0 Å². The lowest BCUT2D eigenvalue weighted by Crippen LogP contribution is -2.45. The number of thiazole rings is 1. The molecular formula is C18H24N2O5S3. The van der Waals surface area contributed by atoms with Gasteiger partial charge in [0.25, 0.3) is 0 Å². The second kappa shape index (κ2) is 7.74. The molecule has 3 rings (SSSR count). The fraction of sp³-hybridized carbons (Fsp3) is 0.500. The van der Waals surface area contributed by atoms with Gasteiger partial charge in [0, 0.05) is 13.1 Å². The van der Waals surface area contributed by atoms with Crippen molar-refractivity contribution in [3.05, 3.63) is 29.8 Å². The largest absolute Gasteiger partial charge is 0.372 e. The predicted octanol–water partition coefficient (Wildman–Crippen LogP) is 2.69. The van der Waals surface area contributed by atoms with E-state index in [2.05, 4.69) is 4.98 Å². The SMILES string of the molecule is CCS(=O)(=O)c1nc(S(=O)(=O)c2ccc(C)cc2)c(N2CC(C)OC(C)C2)s1. The minimum absolute atomic E-state index is 0.0967. The zero-order valence-corrected chi connectivity index (χ0v) is 18.7. The summed E-state index contributed by atoms with van der Waals surface area (Å²) in [6.45, 7) is 8.13. The van der Waals surface area contributed by atoms with E-state index in [0.717, 1.165) is 16.9 Å². The van der Waals surface area contributed by atoms with Gasteiger partial charge in [-0.3, -0.25) is 0 Å². The van der Waals surface area contributed by atoms with Crippen molar-refractivity contribution in [3.8, 4) is 0 Å². The Morgan fingerprint density at radius 2 is 1.68 bits per heavy atom. The van der Waals surface area contributed by atoms with Crippen molar-refractivity contribution in [2.24, 2.45) is 0 Å². The molecule has 0 aliphatic carbocycles. The molecule has 2 heterocycles. The van der Waals surface area contributed by atoms with Gasteiger partial charge in [0.15, 0.2) is 5.03 Å².